The predicted octanol–water partition coefficient (Wildman–Crippen LogP) is 2.53. The van der Waals surface area contributed by atoms with Crippen LogP contribution in [0.25, 0.3) is 0 Å². The van der Waals surface area contributed by atoms with Crippen molar-refractivity contribution in [3.05, 3.63) is 28.3 Å². The molecule has 0 aromatic heterocycles. The van der Waals surface area contributed by atoms with Crippen molar-refractivity contribution in [3.8, 4) is 11.8 Å². The second kappa shape index (κ2) is 3.46. The topological polar surface area (TPSA) is 33.0 Å². The van der Waals surface area contributed by atoms with Gasteiger partial charge in [0.25, 0.3) is 0 Å². The number of nitriles is 1. The van der Waals surface area contributed by atoms with Crippen LogP contribution in [0.4, 0.5) is 0 Å². The van der Waals surface area contributed by atoms with Gasteiger partial charge in [-0.1, -0.05) is 11.6 Å². The molecule has 2 nitrogen and oxygen atoms in total. The molecule has 0 saturated carbocycles. The molecule has 0 aliphatic heterocycles. The minimum Gasteiger partial charge on any atom is -0.495 e. The van der Waals surface area contributed by atoms with E-state index in [4.69, 9.17) is 21.6 Å². The average molecular weight is 182 g/mol. The first-order valence-corrected chi connectivity index (χ1v) is 3.81. The summed E-state index contributed by atoms with van der Waals surface area (Å²) < 4.78 is 5.03. The van der Waals surface area contributed by atoms with Crippen LogP contribution in [0.15, 0.2) is 12.1 Å². The Bertz CT molecular complexity index is 318. The molecule has 0 aliphatic carbocycles. The molecule has 0 heterocycles. The highest BCUT2D eigenvalue weighted by molar-refractivity contribution is 6.32. The molecule has 0 spiro atoms. The van der Waals surface area contributed by atoms with Crippen molar-refractivity contribution in [3.63, 3.8) is 0 Å². The maximum absolute atomic E-state index is 8.60. The Morgan fingerprint density at radius 3 is 2.58 bits per heavy atom. The van der Waals surface area contributed by atoms with Gasteiger partial charge in [0, 0.05) is 0 Å². The summed E-state index contributed by atoms with van der Waals surface area (Å²) >= 11 is 5.84. The number of nitrogens with zero attached hydrogens (tertiary/aromatic N) is 1. The minimum absolute atomic E-state index is 0.481. The molecular formula is C9H8ClNO. The third-order valence-electron chi connectivity index (χ3n) is 1.56. The van der Waals surface area contributed by atoms with Crippen molar-refractivity contribution in [2.45, 2.75) is 6.92 Å². The van der Waals surface area contributed by atoms with Crippen LogP contribution in [0.2, 0.25) is 5.02 Å². The summed E-state index contributed by atoms with van der Waals surface area (Å²) in [4.78, 5) is 0. The van der Waals surface area contributed by atoms with Crippen LogP contribution in [0.5, 0.6) is 5.75 Å². The fourth-order valence-electron chi connectivity index (χ4n) is 1.05. The number of aryl methyl sites for hydroxylation is 1. The number of ether oxygens (including phenoxy) is 1. The molecule has 0 aliphatic rings. The highest BCUT2D eigenvalue weighted by Crippen LogP contribution is 2.28. The number of hydrogen-bond donors (Lipinski definition) is 0. The van der Waals surface area contributed by atoms with Gasteiger partial charge in [0.2, 0.25) is 0 Å². The summed E-state index contributed by atoms with van der Waals surface area (Å²) in [5, 5.41) is 9.08. The van der Waals surface area contributed by atoms with E-state index in [2.05, 4.69) is 0 Å². The Balaban J connectivity index is 3.30. The lowest BCUT2D eigenvalue weighted by molar-refractivity contribution is 0.412. The smallest absolute Gasteiger partial charge is 0.140 e. The van der Waals surface area contributed by atoms with Crippen molar-refractivity contribution in [2.75, 3.05) is 7.11 Å². The highest BCUT2D eigenvalue weighted by Gasteiger charge is 2.05. The fraction of sp³-hybridized carbons (Fsp3) is 0.222. The Labute approximate surface area is 76.3 Å². The summed E-state index contributed by atoms with van der Waals surface area (Å²) in [6.45, 7) is 1.85. The molecule has 0 bridgehead atoms. The molecule has 0 N–H and O–H groups in total. The predicted molar refractivity (Wildman–Crippen MR) is 47.5 cm³/mol. The Kier molecular flexibility index (Phi) is 2.57. The SMILES string of the molecule is COc1c(C)cc(C#N)cc1Cl. The summed E-state index contributed by atoms with van der Waals surface area (Å²) in [6, 6.07) is 5.35. The molecular weight excluding hydrogens is 174 g/mol. The molecule has 0 radical (unpaired) electrons. The van der Waals surface area contributed by atoms with Crippen LogP contribution in [-0.4, -0.2) is 7.11 Å². The molecule has 0 saturated heterocycles. The molecule has 0 fully saturated rings. The van der Waals surface area contributed by atoms with Gasteiger partial charge in [-0.2, -0.15) is 5.26 Å². The summed E-state index contributed by atoms with van der Waals surface area (Å²) in [7, 11) is 1.56. The maximum atomic E-state index is 8.60. The standard InChI is InChI=1S/C9H8ClNO/c1-6-3-7(5-11)4-8(10)9(6)12-2/h3-4H,1-2H3. The summed E-state index contributed by atoms with van der Waals surface area (Å²) in [5.41, 5.74) is 1.43. The first kappa shape index (κ1) is 8.89. The number of rotatable bonds is 1. The van der Waals surface area contributed by atoms with Crippen molar-refractivity contribution in [2.24, 2.45) is 0 Å². The lowest BCUT2D eigenvalue weighted by Gasteiger charge is -2.06. The van der Waals surface area contributed by atoms with E-state index in [1.807, 2.05) is 13.0 Å². The maximum Gasteiger partial charge on any atom is 0.140 e. The van der Waals surface area contributed by atoms with Gasteiger partial charge in [-0.25, -0.2) is 0 Å². The van der Waals surface area contributed by atoms with Crippen molar-refractivity contribution in [1.29, 1.82) is 5.26 Å². The molecule has 3 heteroatoms. The lowest BCUT2D eigenvalue weighted by Crippen LogP contribution is -1.89. The Morgan fingerprint density at radius 2 is 2.17 bits per heavy atom. The number of hydrogen-bond acceptors (Lipinski definition) is 2. The van der Waals surface area contributed by atoms with Gasteiger partial charge >= 0.3 is 0 Å². The Morgan fingerprint density at radius 1 is 1.50 bits per heavy atom. The van der Waals surface area contributed by atoms with E-state index in [1.165, 1.54) is 0 Å². The van der Waals surface area contributed by atoms with E-state index in [0.717, 1.165) is 5.56 Å². The van der Waals surface area contributed by atoms with Crippen molar-refractivity contribution in [1.82, 2.24) is 0 Å². The van der Waals surface area contributed by atoms with Crippen LogP contribution in [0.3, 0.4) is 0 Å². The molecule has 0 unspecified atom stereocenters. The van der Waals surface area contributed by atoms with Gasteiger partial charge in [0.1, 0.15) is 5.75 Å². The number of benzene rings is 1. The van der Waals surface area contributed by atoms with Crippen molar-refractivity contribution < 1.29 is 4.74 Å². The zero-order chi connectivity index (χ0) is 9.14. The van der Waals surface area contributed by atoms with Gasteiger partial charge in [0.05, 0.1) is 23.8 Å². The normalized spacial score (nSPS) is 9.17. The lowest BCUT2D eigenvalue weighted by atomic mass is 10.1. The van der Waals surface area contributed by atoms with E-state index in [0.29, 0.717) is 16.3 Å². The quantitative estimate of drug-likeness (QED) is 0.667. The fourth-order valence-corrected chi connectivity index (χ4v) is 1.40. The second-order valence-corrected chi connectivity index (χ2v) is 2.83. The molecule has 62 valence electrons. The zero-order valence-electron chi connectivity index (χ0n) is 6.89. The molecule has 1 aromatic rings. The van der Waals surface area contributed by atoms with Gasteiger partial charge in [-0.05, 0) is 24.6 Å². The molecule has 12 heavy (non-hydrogen) atoms. The molecule has 0 amide bonds. The van der Waals surface area contributed by atoms with Gasteiger partial charge in [0.15, 0.2) is 0 Å². The monoisotopic (exact) mass is 181 g/mol. The number of halogens is 1. The molecule has 1 rings (SSSR count). The third kappa shape index (κ3) is 1.51. The van der Waals surface area contributed by atoms with Crippen molar-refractivity contribution >= 4 is 11.6 Å². The second-order valence-electron chi connectivity index (χ2n) is 2.42. The van der Waals surface area contributed by atoms with E-state index in [-0.39, 0.29) is 0 Å². The van der Waals surface area contributed by atoms with Crippen LogP contribution in [0, 0.1) is 18.3 Å². The van der Waals surface area contributed by atoms with E-state index in [9.17, 15) is 0 Å². The first-order valence-electron chi connectivity index (χ1n) is 3.43. The molecule has 0 atom stereocenters. The van der Waals surface area contributed by atoms with E-state index < -0.39 is 0 Å². The van der Waals surface area contributed by atoms with Crippen LogP contribution >= 0.6 is 11.6 Å². The van der Waals surface area contributed by atoms with Gasteiger partial charge < -0.3 is 4.74 Å². The number of methoxy groups -OCH3 is 1. The highest BCUT2D eigenvalue weighted by atomic mass is 35.5. The van der Waals surface area contributed by atoms with Crippen LogP contribution in [0.1, 0.15) is 11.1 Å². The zero-order valence-corrected chi connectivity index (χ0v) is 7.64. The Hall–Kier alpha value is -1.20. The molecule has 1 aromatic carbocycles. The minimum atomic E-state index is 0.481. The summed E-state index contributed by atoms with van der Waals surface area (Å²) in [5.74, 6) is 0.635. The van der Waals surface area contributed by atoms with Gasteiger partial charge in [-0.15, -0.1) is 0 Å². The largest absolute Gasteiger partial charge is 0.495 e. The third-order valence-corrected chi connectivity index (χ3v) is 1.84. The average Bonchev–Trinajstić information content (AvgIpc) is 2.03. The van der Waals surface area contributed by atoms with Gasteiger partial charge in [-0.3, -0.25) is 0 Å². The van der Waals surface area contributed by atoms with E-state index >= 15 is 0 Å². The summed E-state index contributed by atoms with van der Waals surface area (Å²) in [6.07, 6.45) is 0. The van der Waals surface area contributed by atoms with Crippen LogP contribution < -0.4 is 4.74 Å². The van der Waals surface area contributed by atoms with Crippen LogP contribution in [-0.2, 0) is 0 Å². The van der Waals surface area contributed by atoms with E-state index in [1.54, 1.807) is 19.2 Å². The first-order chi connectivity index (χ1) is 5.69.